The van der Waals surface area contributed by atoms with Crippen LogP contribution in [-0.4, -0.2) is 86.4 Å². The summed E-state index contributed by atoms with van der Waals surface area (Å²) in [5.74, 6) is 2.28. The molecule has 2 aromatic heterocycles. The van der Waals surface area contributed by atoms with Gasteiger partial charge < -0.3 is 34.3 Å². The Bertz CT molecular complexity index is 1460. The van der Waals surface area contributed by atoms with E-state index in [0.29, 0.717) is 34.9 Å². The van der Waals surface area contributed by atoms with Crippen LogP contribution in [0.25, 0.3) is 11.0 Å². The fourth-order valence-corrected chi connectivity index (χ4v) is 5.68. The molecule has 42 heavy (non-hydrogen) atoms. The van der Waals surface area contributed by atoms with Gasteiger partial charge in [0.25, 0.3) is 5.91 Å². The summed E-state index contributed by atoms with van der Waals surface area (Å²) in [5.41, 5.74) is 4.36. The van der Waals surface area contributed by atoms with Crippen molar-refractivity contribution in [1.82, 2.24) is 25.2 Å². The number of amides is 1. The predicted octanol–water partition coefficient (Wildman–Crippen LogP) is 4.41. The van der Waals surface area contributed by atoms with E-state index in [1.54, 1.807) is 33.6 Å². The molecule has 0 spiro atoms. The highest BCUT2D eigenvalue weighted by Crippen LogP contribution is 2.41. The van der Waals surface area contributed by atoms with Crippen LogP contribution in [0, 0.1) is 6.92 Å². The zero-order valence-electron chi connectivity index (χ0n) is 24.9. The second-order valence-corrected chi connectivity index (χ2v) is 10.6. The van der Waals surface area contributed by atoms with Crippen LogP contribution < -0.4 is 24.4 Å². The molecule has 1 unspecified atom stereocenters. The summed E-state index contributed by atoms with van der Waals surface area (Å²) in [5, 5.41) is 3.16. The Kier molecular flexibility index (Phi) is 9.43. The Labute approximate surface area is 247 Å². The number of rotatable bonds is 11. The monoisotopic (exact) mass is 572 g/mol. The first kappa shape index (κ1) is 29.2. The molecule has 1 amide bonds. The third kappa shape index (κ3) is 6.44. The Morgan fingerprint density at radius 3 is 2.60 bits per heavy atom. The van der Waals surface area contributed by atoms with Crippen LogP contribution in [0.3, 0.4) is 0 Å². The van der Waals surface area contributed by atoms with Crippen LogP contribution in [0.1, 0.15) is 40.2 Å². The van der Waals surface area contributed by atoms with Gasteiger partial charge >= 0.3 is 0 Å². The summed E-state index contributed by atoms with van der Waals surface area (Å²) in [6.45, 7) is 7.11. The van der Waals surface area contributed by atoms with Crippen LogP contribution in [0.2, 0.25) is 0 Å². The number of ether oxygens (including phenoxy) is 3. The number of hydrogen-bond acceptors (Lipinski definition) is 8. The standard InChI is InChI=1S/C32H40N6O4/c1-22-25(19-28(40-2)30(42-4)29(22)41-3)31(39)34-21-24(23-9-7-13-33-20-23)12-16-37-14-8-15-38(18-17-37)32-35-26-10-5-6-11-27(26)36-32/h5-7,9-11,13,19-20,24H,8,12,14-18,21H2,1-4H3,(H,34,39)(H,35,36). The van der Waals surface area contributed by atoms with Crippen molar-refractivity contribution in [3.63, 3.8) is 0 Å². The van der Waals surface area contributed by atoms with Crippen molar-refractivity contribution in [2.75, 3.05) is 65.5 Å². The Morgan fingerprint density at radius 2 is 1.86 bits per heavy atom. The number of H-pyrrole nitrogens is 1. The minimum atomic E-state index is -0.183. The van der Waals surface area contributed by atoms with E-state index in [1.165, 1.54) is 0 Å². The van der Waals surface area contributed by atoms with Gasteiger partial charge in [0.2, 0.25) is 11.7 Å². The quantitative estimate of drug-likeness (QED) is 0.272. The fraction of sp³-hybridized carbons (Fsp3) is 0.406. The largest absolute Gasteiger partial charge is 0.493 e. The molecule has 1 aliphatic rings. The molecule has 4 aromatic rings. The van der Waals surface area contributed by atoms with Gasteiger partial charge in [0.05, 0.1) is 32.4 Å². The third-order valence-corrected chi connectivity index (χ3v) is 8.05. The van der Waals surface area contributed by atoms with Crippen LogP contribution >= 0.6 is 0 Å². The first-order chi connectivity index (χ1) is 20.5. The highest BCUT2D eigenvalue weighted by Gasteiger charge is 2.24. The lowest BCUT2D eigenvalue weighted by molar-refractivity contribution is 0.0948. The van der Waals surface area contributed by atoms with Gasteiger partial charge in [-0.15, -0.1) is 0 Å². The number of aromatic nitrogens is 3. The maximum atomic E-state index is 13.4. The first-order valence-electron chi connectivity index (χ1n) is 14.4. The van der Waals surface area contributed by atoms with Gasteiger partial charge in [-0.1, -0.05) is 18.2 Å². The maximum absolute atomic E-state index is 13.4. The lowest BCUT2D eigenvalue weighted by Gasteiger charge is -2.25. The molecule has 2 N–H and O–H groups in total. The number of benzene rings is 2. The Hall–Kier alpha value is -4.31. The number of methoxy groups -OCH3 is 3. The zero-order valence-corrected chi connectivity index (χ0v) is 24.9. The van der Waals surface area contributed by atoms with E-state index in [9.17, 15) is 4.79 Å². The van der Waals surface area contributed by atoms with Gasteiger partial charge in [-0.3, -0.25) is 9.78 Å². The molecule has 1 fully saturated rings. The maximum Gasteiger partial charge on any atom is 0.251 e. The predicted molar refractivity (Wildman–Crippen MR) is 164 cm³/mol. The summed E-state index contributed by atoms with van der Waals surface area (Å²) >= 11 is 0. The van der Waals surface area contributed by atoms with Crippen LogP contribution in [0.5, 0.6) is 17.2 Å². The van der Waals surface area contributed by atoms with Crippen molar-refractivity contribution in [3.8, 4) is 17.2 Å². The average molecular weight is 573 g/mol. The normalized spacial score (nSPS) is 14.8. The second kappa shape index (κ2) is 13.6. The molecule has 0 radical (unpaired) electrons. The van der Waals surface area contributed by atoms with E-state index in [-0.39, 0.29) is 11.8 Å². The number of nitrogens with zero attached hydrogens (tertiary/aromatic N) is 4. The number of para-hydroxylation sites is 2. The summed E-state index contributed by atoms with van der Waals surface area (Å²) in [6, 6.07) is 13.9. The molecule has 1 atom stereocenters. The Balaban J connectivity index is 1.24. The number of aromatic amines is 1. The van der Waals surface area contributed by atoms with Gasteiger partial charge in [0.15, 0.2) is 11.5 Å². The molecule has 3 heterocycles. The number of imidazole rings is 1. The highest BCUT2D eigenvalue weighted by molar-refractivity contribution is 5.97. The zero-order chi connectivity index (χ0) is 29.5. The van der Waals surface area contributed by atoms with Crippen LogP contribution in [-0.2, 0) is 0 Å². The van der Waals surface area contributed by atoms with Crippen molar-refractivity contribution in [2.24, 2.45) is 0 Å². The van der Waals surface area contributed by atoms with Gasteiger partial charge in [0.1, 0.15) is 0 Å². The van der Waals surface area contributed by atoms with Gasteiger partial charge in [-0.2, -0.15) is 0 Å². The number of fused-ring (bicyclic) bond motifs is 1. The molecule has 222 valence electrons. The molecule has 0 bridgehead atoms. The van der Waals surface area contributed by atoms with Crippen molar-refractivity contribution in [1.29, 1.82) is 0 Å². The van der Waals surface area contributed by atoms with Crippen molar-refractivity contribution in [3.05, 3.63) is 71.5 Å². The van der Waals surface area contributed by atoms with Gasteiger partial charge in [0, 0.05) is 55.6 Å². The number of anilines is 1. The summed E-state index contributed by atoms with van der Waals surface area (Å²) in [6.07, 6.45) is 5.63. The van der Waals surface area contributed by atoms with E-state index in [1.807, 2.05) is 37.4 Å². The van der Waals surface area contributed by atoms with Crippen molar-refractivity contribution in [2.45, 2.75) is 25.7 Å². The number of pyridine rings is 1. The van der Waals surface area contributed by atoms with Crippen LogP contribution in [0.4, 0.5) is 5.95 Å². The SMILES string of the molecule is COc1cc(C(=O)NCC(CCN2CCCN(c3nc4ccccc4[nH]3)CC2)c2cccnc2)c(C)c(OC)c1OC. The van der Waals surface area contributed by atoms with Crippen molar-refractivity contribution < 1.29 is 19.0 Å². The van der Waals surface area contributed by atoms with E-state index < -0.39 is 0 Å². The van der Waals surface area contributed by atoms with E-state index in [2.05, 4.69) is 37.2 Å². The summed E-state index contributed by atoms with van der Waals surface area (Å²) in [4.78, 5) is 30.9. The summed E-state index contributed by atoms with van der Waals surface area (Å²) < 4.78 is 16.5. The highest BCUT2D eigenvalue weighted by atomic mass is 16.5. The molecule has 1 saturated heterocycles. The minimum absolute atomic E-state index is 0.111. The topological polar surface area (TPSA) is 105 Å². The number of nitrogens with one attached hydrogen (secondary N) is 2. The molecule has 10 heteroatoms. The first-order valence-corrected chi connectivity index (χ1v) is 14.4. The Morgan fingerprint density at radius 1 is 1.02 bits per heavy atom. The number of carbonyl (C=O) groups excluding carboxylic acids is 1. The second-order valence-electron chi connectivity index (χ2n) is 10.6. The smallest absolute Gasteiger partial charge is 0.251 e. The summed E-state index contributed by atoms with van der Waals surface area (Å²) in [7, 11) is 4.66. The molecular formula is C32H40N6O4. The minimum Gasteiger partial charge on any atom is -0.493 e. The fourth-order valence-electron chi connectivity index (χ4n) is 5.68. The lowest BCUT2D eigenvalue weighted by Crippen LogP contribution is -2.34. The third-order valence-electron chi connectivity index (χ3n) is 8.05. The lowest BCUT2D eigenvalue weighted by atomic mass is 9.96. The number of carbonyl (C=O) groups is 1. The van der Waals surface area contributed by atoms with E-state index >= 15 is 0 Å². The van der Waals surface area contributed by atoms with Crippen molar-refractivity contribution >= 4 is 22.9 Å². The molecule has 10 nitrogen and oxygen atoms in total. The van der Waals surface area contributed by atoms with Crippen LogP contribution in [0.15, 0.2) is 54.9 Å². The van der Waals surface area contributed by atoms with Gasteiger partial charge in [-0.05, 0) is 62.7 Å². The van der Waals surface area contributed by atoms with E-state index in [4.69, 9.17) is 19.2 Å². The average Bonchev–Trinajstić information content (AvgIpc) is 3.32. The number of hydrogen-bond donors (Lipinski definition) is 2. The molecule has 1 aliphatic heterocycles. The molecular weight excluding hydrogens is 532 g/mol. The molecule has 5 rings (SSSR count). The molecule has 0 aliphatic carbocycles. The van der Waals surface area contributed by atoms with E-state index in [0.717, 1.165) is 68.1 Å². The molecule has 2 aromatic carbocycles. The molecule has 0 saturated carbocycles. The van der Waals surface area contributed by atoms with Gasteiger partial charge in [-0.25, -0.2) is 4.98 Å².